The van der Waals surface area contributed by atoms with Gasteiger partial charge in [-0.3, -0.25) is 4.79 Å². The molecule has 2 aromatic heterocycles. The Hall–Kier alpha value is -2.63. The molecule has 1 atom stereocenters. The van der Waals surface area contributed by atoms with Gasteiger partial charge < -0.3 is 0 Å². The fourth-order valence-corrected chi connectivity index (χ4v) is 2.96. The molecule has 0 saturated carbocycles. The average molecular weight is 296 g/mol. The van der Waals surface area contributed by atoms with Gasteiger partial charge in [-0.25, -0.2) is 13.9 Å². The monoisotopic (exact) mass is 296 g/mol. The average Bonchev–Trinajstić information content (AvgIpc) is 2.85. The number of hydrogen-bond donors (Lipinski definition) is 0. The molecule has 0 unspecified atom stereocenters. The van der Waals surface area contributed by atoms with Gasteiger partial charge in [0.25, 0.3) is 5.78 Å². The first-order chi connectivity index (χ1) is 10.6. The van der Waals surface area contributed by atoms with Crippen molar-refractivity contribution in [3.8, 4) is 0 Å². The Morgan fingerprint density at radius 1 is 1.18 bits per heavy atom. The number of ketones is 1. The molecule has 0 saturated heterocycles. The number of halogens is 1. The van der Waals surface area contributed by atoms with Crippen molar-refractivity contribution >= 4 is 11.6 Å². The van der Waals surface area contributed by atoms with E-state index < -0.39 is 0 Å². The highest BCUT2D eigenvalue weighted by Gasteiger charge is 2.28. The van der Waals surface area contributed by atoms with Crippen LogP contribution in [-0.2, 0) is 6.42 Å². The number of rotatable bonds is 1. The van der Waals surface area contributed by atoms with Gasteiger partial charge in [0, 0.05) is 12.6 Å². The van der Waals surface area contributed by atoms with Crippen molar-refractivity contribution in [2.75, 3.05) is 0 Å². The highest BCUT2D eigenvalue weighted by Crippen LogP contribution is 2.31. The number of carbonyl (C=O) groups excluding carboxylic acids is 1. The smallest absolute Gasteiger partial charge is 0.252 e. The maximum Gasteiger partial charge on any atom is 0.252 e. The highest BCUT2D eigenvalue weighted by atomic mass is 19.1. The van der Waals surface area contributed by atoms with Gasteiger partial charge in [-0.05, 0) is 37.0 Å². The van der Waals surface area contributed by atoms with Crippen LogP contribution in [0, 0.1) is 12.7 Å². The Kier molecular flexibility index (Phi) is 2.79. The summed E-state index contributed by atoms with van der Waals surface area (Å²) in [7, 11) is 0. The first-order valence-corrected chi connectivity index (χ1v) is 7.12. The molecule has 6 heteroatoms. The van der Waals surface area contributed by atoms with E-state index in [2.05, 4.69) is 15.1 Å². The summed E-state index contributed by atoms with van der Waals surface area (Å²) in [5.74, 6) is 0.920. The third-order valence-electron chi connectivity index (χ3n) is 4.03. The predicted molar refractivity (Wildman–Crippen MR) is 77.3 cm³/mol. The minimum atomic E-state index is -0.273. The fraction of sp³-hybridized carbons (Fsp3) is 0.250. The van der Waals surface area contributed by atoms with Crippen molar-refractivity contribution in [1.82, 2.24) is 19.6 Å². The molecule has 0 amide bonds. The van der Waals surface area contributed by atoms with Crippen LogP contribution in [0.25, 0.3) is 5.78 Å². The molecular weight excluding hydrogens is 283 g/mol. The second kappa shape index (κ2) is 4.69. The second-order valence-corrected chi connectivity index (χ2v) is 5.58. The lowest BCUT2D eigenvalue weighted by Gasteiger charge is -2.23. The molecular formula is C16H13FN4O. The van der Waals surface area contributed by atoms with Crippen molar-refractivity contribution in [1.29, 1.82) is 0 Å². The number of nitrogens with zero attached hydrogens (tertiary/aromatic N) is 4. The number of fused-ring (bicyclic) bond motifs is 2. The Morgan fingerprint density at radius 2 is 1.95 bits per heavy atom. The molecule has 3 aromatic rings. The van der Waals surface area contributed by atoms with Crippen LogP contribution in [0.5, 0.6) is 0 Å². The predicted octanol–water partition coefficient (Wildman–Crippen LogP) is 2.48. The van der Waals surface area contributed by atoms with E-state index in [1.165, 1.54) is 12.1 Å². The molecule has 22 heavy (non-hydrogen) atoms. The minimum Gasteiger partial charge on any atom is -0.294 e. The van der Waals surface area contributed by atoms with Crippen LogP contribution in [0.3, 0.4) is 0 Å². The van der Waals surface area contributed by atoms with Gasteiger partial charge in [0.05, 0.1) is 11.3 Å². The van der Waals surface area contributed by atoms with Gasteiger partial charge in [0.2, 0.25) is 0 Å². The fourth-order valence-electron chi connectivity index (χ4n) is 2.96. The van der Waals surface area contributed by atoms with Crippen LogP contribution >= 0.6 is 0 Å². The van der Waals surface area contributed by atoms with E-state index in [1.807, 2.05) is 0 Å². The van der Waals surface area contributed by atoms with Gasteiger partial charge in [-0.1, -0.05) is 12.1 Å². The van der Waals surface area contributed by atoms with Gasteiger partial charge in [0.1, 0.15) is 11.6 Å². The van der Waals surface area contributed by atoms with Crippen molar-refractivity contribution < 1.29 is 9.18 Å². The SMILES string of the molecule is Cc1nc2nc3c(cn2n1)C(=O)C[C@@H](c1ccc(F)cc1)C3. The van der Waals surface area contributed by atoms with Crippen molar-refractivity contribution in [3.63, 3.8) is 0 Å². The van der Waals surface area contributed by atoms with Crippen molar-refractivity contribution in [2.24, 2.45) is 0 Å². The van der Waals surface area contributed by atoms with Crippen LogP contribution in [0.1, 0.15) is 39.8 Å². The zero-order valence-corrected chi connectivity index (χ0v) is 12.0. The summed E-state index contributed by atoms with van der Waals surface area (Å²) >= 11 is 0. The normalized spacial score (nSPS) is 17.7. The molecule has 0 bridgehead atoms. The van der Waals surface area contributed by atoms with Crippen molar-refractivity contribution in [3.05, 3.63) is 58.9 Å². The first-order valence-electron chi connectivity index (χ1n) is 7.12. The van der Waals surface area contributed by atoms with E-state index in [-0.39, 0.29) is 17.5 Å². The Balaban J connectivity index is 1.77. The number of carbonyl (C=O) groups is 1. The van der Waals surface area contributed by atoms with Crippen LogP contribution in [0.2, 0.25) is 0 Å². The summed E-state index contributed by atoms with van der Waals surface area (Å²) < 4.78 is 14.6. The zero-order chi connectivity index (χ0) is 15.3. The molecule has 4 rings (SSSR count). The van der Waals surface area contributed by atoms with E-state index in [0.717, 1.165) is 11.3 Å². The third kappa shape index (κ3) is 2.07. The largest absolute Gasteiger partial charge is 0.294 e. The van der Waals surface area contributed by atoms with Gasteiger partial charge in [-0.15, -0.1) is 0 Å². The van der Waals surface area contributed by atoms with Crippen LogP contribution in [0.4, 0.5) is 4.39 Å². The lowest BCUT2D eigenvalue weighted by molar-refractivity contribution is 0.0962. The molecule has 0 N–H and O–H groups in total. The second-order valence-electron chi connectivity index (χ2n) is 5.58. The molecule has 1 aromatic carbocycles. The molecule has 2 heterocycles. The molecule has 0 radical (unpaired) electrons. The van der Waals surface area contributed by atoms with Crippen LogP contribution in [0.15, 0.2) is 30.5 Å². The maximum atomic E-state index is 13.0. The molecule has 0 spiro atoms. The zero-order valence-electron chi connectivity index (χ0n) is 12.0. The standard InChI is InChI=1S/C16H13FN4O/c1-9-18-16-19-14-6-11(10-2-4-12(17)5-3-10)7-15(22)13(14)8-21(16)20-9/h2-5,8,11H,6-7H2,1H3/t11-/m0/s1. The summed E-state index contributed by atoms with van der Waals surface area (Å²) in [5, 5.41) is 4.19. The van der Waals surface area contributed by atoms with E-state index >= 15 is 0 Å². The quantitative estimate of drug-likeness (QED) is 0.692. The topological polar surface area (TPSA) is 60.1 Å². The van der Waals surface area contributed by atoms with Gasteiger partial charge in [0.15, 0.2) is 5.78 Å². The first kappa shape index (κ1) is 13.1. The number of Topliss-reactive ketones (excluding diaryl/α,β-unsaturated/α-hetero) is 1. The van der Waals surface area contributed by atoms with E-state index in [4.69, 9.17) is 0 Å². The molecule has 110 valence electrons. The Bertz CT molecular complexity index is 885. The number of aryl methyl sites for hydroxylation is 1. The lowest BCUT2D eigenvalue weighted by Crippen LogP contribution is -2.21. The Labute approximate surface area is 125 Å². The highest BCUT2D eigenvalue weighted by molar-refractivity contribution is 5.98. The molecule has 0 aliphatic heterocycles. The molecule has 1 aliphatic carbocycles. The maximum absolute atomic E-state index is 13.0. The Morgan fingerprint density at radius 3 is 2.73 bits per heavy atom. The summed E-state index contributed by atoms with van der Waals surface area (Å²) in [6.45, 7) is 1.79. The molecule has 1 aliphatic rings. The van der Waals surface area contributed by atoms with Crippen molar-refractivity contribution in [2.45, 2.75) is 25.7 Å². The van der Waals surface area contributed by atoms with E-state index in [0.29, 0.717) is 30.0 Å². The minimum absolute atomic E-state index is 0.0274. The van der Waals surface area contributed by atoms with Gasteiger partial charge in [-0.2, -0.15) is 10.1 Å². The summed E-state index contributed by atoms with van der Waals surface area (Å²) in [5.41, 5.74) is 2.31. The number of benzene rings is 1. The summed E-state index contributed by atoms with van der Waals surface area (Å²) in [6, 6.07) is 6.32. The number of hydrogen-bond acceptors (Lipinski definition) is 4. The number of aromatic nitrogens is 4. The summed E-state index contributed by atoms with van der Waals surface area (Å²) in [4.78, 5) is 21.1. The lowest BCUT2D eigenvalue weighted by atomic mass is 9.82. The third-order valence-corrected chi connectivity index (χ3v) is 4.03. The molecule has 5 nitrogen and oxygen atoms in total. The van der Waals surface area contributed by atoms with Crippen LogP contribution < -0.4 is 0 Å². The van der Waals surface area contributed by atoms with Crippen LogP contribution in [-0.4, -0.2) is 25.4 Å². The molecule has 0 fully saturated rings. The summed E-state index contributed by atoms with van der Waals surface area (Å²) in [6.07, 6.45) is 2.76. The van der Waals surface area contributed by atoms with E-state index in [1.54, 1.807) is 29.8 Å². The van der Waals surface area contributed by atoms with E-state index in [9.17, 15) is 9.18 Å². The van der Waals surface area contributed by atoms with Gasteiger partial charge >= 0.3 is 0 Å².